The summed E-state index contributed by atoms with van der Waals surface area (Å²) >= 11 is 0. The van der Waals surface area contributed by atoms with E-state index in [1.165, 1.54) is 10.9 Å². The van der Waals surface area contributed by atoms with Crippen molar-refractivity contribution >= 4 is 23.3 Å². The summed E-state index contributed by atoms with van der Waals surface area (Å²) in [6.45, 7) is 3.80. The van der Waals surface area contributed by atoms with Crippen molar-refractivity contribution in [1.82, 2.24) is 15.0 Å². The van der Waals surface area contributed by atoms with Gasteiger partial charge < -0.3 is 15.4 Å². The number of rotatable bonds is 5. The molecule has 2 N–H and O–H groups in total. The normalized spacial score (nSPS) is 11.5. The number of aryl methyl sites for hydroxylation is 2. The number of anilines is 2. The van der Waals surface area contributed by atoms with Crippen LogP contribution in [0.5, 0.6) is 5.75 Å². The number of nitrogens with one attached hydrogen (secondary N) is 2. The highest BCUT2D eigenvalue weighted by Crippen LogP contribution is 2.26. The molecule has 2 amide bonds. The lowest BCUT2D eigenvalue weighted by molar-refractivity contribution is -0.133. The van der Waals surface area contributed by atoms with E-state index >= 15 is 0 Å². The lowest BCUT2D eigenvalue weighted by Gasteiger charge is -2.16. The van der Waals surface area contributed by atoms with Crippen LogP contribution in [0.4, 0.5) is 11.5 Å². The number of amides is 2. The SMILES string of the molecule is Cc1cc(OC(C)c2ccccc2)ccc1NC(=O)C(=O)Nc1cnnn1C. The number of carbonyl (C=O) groups excluding carboxylic acids is 2. The fourth-order valence-corrected chi connectivity index (χ4v) is 2.60. The van der Waals surface area contributed by atoms with Crippen molar-refractivity contribution in [1.29, 1.82) is 0 Å². The Morgan fingerprint density at radius 2 is 1.79 bits per heavy atom. The van der Waals surface area contributed by atoms with Crippen molar-refractivity contribution in [2.24, 2.45) is 7.05 Å². The van der Waals surface area contributed by atoms with Gasteiger partial charge in [-0.15, -0.1) is 5.10 Å². The zero-order valence-electron chi connectivity index (χ0n) is 15.8. The molecule has 0 radical (unpaired) electrons. The molecule has 144 valence electrons. The molecular formula is C20H21N5O3. The van der Waals surface area contributed by atoms with Crippen LogP contribution in [0.15, 0.2) is 54.7 Å². The van der Waals surface area contributed by atoms with Crippen LogP contribution in [0.1, 0.15) is 24.2 Å². The van der Waals surface area contributed by atoms with Gasteiger partial charge in [0.1, 0.15) is 11.9 Å². The number of nitrogens with zero attached hydrogens (tertiary/aromatic N) is 3. The van der Waals surface area contributed by atoms with Crippen LogP contribution in [-0.4, -0.2) is 26.8 Å². The van der Waals surface area contributed by atoms with Crippen LogP contribution in [0.2, 0.25) is 0 Å². The third-order valence-electron chi connectivity index (χ3n) is 4.19. The Morgan fingerprint density at radius 3 is 2.43 bits per heavy atom. The molecule has 0 spiro atoms. The molecule has 1 unspecified atom stereocenters. The number of hydrogen-bond donors (Lipinski definition) is 2. The standard InChI is InChI=1S/C20H21N5O3/c1-13-11-16(28-14(2)15-7-5-4-6-8-15)9-10-17(13)22-19(26)20(27)23-18-12-21-24-25(18)3/h4-12,14H,1-3H3,(H,22,26)(H,23,27). The zero-order valence-corrected chi connectivity index (χ0v) is 15.8. The number of ether oxygens (including phenoxy) is 1. The number of hydrogen-bond acceptors (Lipinski definition) is 5. The Bertz CT molecular complexity index is 985. The Morgan fingerprint density at radius 1 is 1.07 bits per heavy atom. The molecule has 8 nitrogen and oxygen atoms in total. The van der Waals surface area contributed by atoms with Crippen LogP contribution in [0, 0.1) is 6.92 Å². The first-order valence-corrected chi connectivity index (χ1v) is 8.73. The van der Waals surface area contributed by atoms with Gasteiger partial charge >= 0.3 is 11.8 Å². The highest BCUT2D eigenvalue weighted by atomic mass is 16.5. The van der Waals surface area contributed by atoms with Gasteiger partial charge in [0.2, 0.25) is 0 Å². The van der Waals surface area contributed by atoms with Crippen molar-refractivity contribution in [3.8, 4) is 5.75 Å². The van der Waals surface area contributed by atoms with Crippen molar-refractivity contribution in [2.75, 3.05) is 10.6 Å². The fourth-order valence-electron chi connectivity index (χ4n) is 2.60. The minimum Gasteiger partial charge on any atom is -0.486 e. The zero-order chi connectivity index (χ0) is 20.1. The van der Waals surface area contributed by atoms with E-state index in [4.69, 9.17) is 4.74 Å². The van der Waals surface area contributed by atoms with Gasteiger partial charge in [-0.2, -0.15) is 0 Å². The van der Waals surface area contributed by atoms with Gasteiger partial charge in [0, 0.05) is 12.7 Å². The molecule has 0 aliphatic heterocycles. The maximum absolute atomic E-state index is 12.1. The second-order valence-electron chi connectivity index (χ2n) is 6.30. The van der Waals surface area contributed by atoms with Crippen molar-refractivity contribution < 1.29 is 14.3 Å². The van der Waals surface area contributed by atoms with Gasteiger partial charge in [-0.3, -0.25) is 9.59 Å². The van der Waals surface area contributed by atoms with Gasteiger partial charge in [-0.05, 0) is 43.2 Å². The minimum atomic E-state index is -0.803. The van der Waals surface area contributed by atoms with E-state index in [9.17, 15) is 9.59 Å². The van der Waals surface area contributed by atoms with Crippen LogP contribution in [0.25, 0.3) is 0 Å². The van der Waals surface area contributed by atoms with Gasteiger partial charge in [-0.1, -0.05) is 35.5 Å². The van der Waals surface area contributed by atoms with Crippen molar-refractivity contribution in [3.63, 3.8) is 0 Å². The highest BCUT2D eigenvalue weighted by molar-refractivity contribution is 6.43. The molecular weight excluding hydrogens is 358 g/mol. The first kappa shape index (κ1) is 19.1. The molecule has 2 aromatic carbocycles. The van der Waals surface area contributed by atoms with E-state index in [2.05, 4.69) is 20.9 Å². The van der Waals surface area contributed by atoms with Crippen LogP contribution in [0.3, 0.4) is 0 Å². The molecule has 1 aromatic heterocycles. The molecule has 28 heavy (non-hydrogen) atoms. The maximum atomic E-state index is 12.1. The predicted octanol–water partition coefficient (Wildman–Crippen LogP) is 2.84. The predicted molar refractivity (Wildman–Crippen MR) is 105 cm³/mol. The Balaban J connectivity index is 1.63. The molecule has 0 saturated heterocycles. The van der Waals surface area contributed by atoms with Gasteiger partial charge in [-0.25, -0.2) is 4.68 Å². The van der Waals surface area contributed by atoms with E-state index < -0.39 is 11.8 Å². The first-order valence-electron chi connectivity index (χ1n) is 8.73. The summed E-state index contributed by atoms with van der Waals surface area (Å²) in [7, 11) is 1.61. The molecule has 1 atom stereocenters. The van der Waals surface area contributed by atoms with Crippen LogP contribution < -0.4 is 15.4 Å². The average Bonchev–Trinajstić information content (AvgIpc) is 3.09. The largest absolute Gasteiger partial charge is 0.486 e. The molecule has 0 aliphatic carbocycles. The lowest BCUT2D eigenvalue weighted by Crippen LogP contribution is -2.30. The van der Waals surface area contributed by atoms with Gasteiger partial charge in [0.25, 0.3) is 0 Å². The number of benzene rings is 2. The molecule has 0 fully saturated rings. The topological polar surface area (TPSA) is 98.1 Å². The summed E-state index contributed by atoms with van der Waals surface area (Å²) in [6, 6.07) is 15.2. The van der Waals surface area contributed by atoms with E-state index in [0.29, 0.717) is 17.3 Å². The van der Waals surface area contributed by atoms with Gasteiger partial charge in [0.05, 0.1) is 6.20 Å². The quantitative estimate of drug-likeness (QED) is 0.664. The highest BCUT2D eigenvalue weighted by Gasteiger charge is 2.17. The Hall–Kier alpha value is -3.68. The van der Waals surface area contributed by atoms with Gasteiger partial charge in [0.15, 0.2) is 5.82 Å². The fraction of sp³-hybridized carbons (Fsp3) is 0.200. The van der Waals surface area contributed by atoms with E-state index in [1.54, 1.807) is 19.2 Å². The second-order valence-corrected chi connectivity index (χ2v) is 6.30. The third kappa shape index (κ3) is 4.53. The lowest BCUT2D eigenvalue weighted by atomic mass is 10.1. The summed E-state index contributed by atoms with van der Waals surface area (Å²) in [5, 5.41) is 12.4. The Labute approximate surface area is 162 Å². The smallest absolute Gasteiger partial charge is 0.315 e. The van der Waals surface area contributed by atoms with Crippen molar-refractivity contribution in [3.05, 3.63) is 65.9 Å². The third-order valence-corrected chi connectivity index (χ3v) is 4.19. The first-order chi connectivity index (χ1) is 13.4. The van der Waals surface area contributed by atoms with E-state index in [1.807, 2.05) is 50.2 Å². The van der Waals surface area contributed by atoms with E-state index in [0.717, 1.165) is 11.1 Å². The molecule has 3 aromatic rings. The summed E-state index contributed by atoms with van der Waals surface area (Å²) in [5.41, 5.74) is 2.38. The van der Waals surface area contributed by atoms with E-state index in [-0.39, 0.29) is 6.10 Å². The molecule has 0 aliphatic rings. The van der Waals surface area contributed by atoms with Crippen LogP contribution >= 0.6 is 0 Å². The maximum Gasteiger partial charge on any atom is 0.315 e. The summed E-state index contributed by atoms with van der Waals surface area (Å²) < 4.78 is 7.32. The second kappa shape index (κ2) is 8.34. The summed E-state index contributed by atoms with van der Waals surface area (Å²) in [5.74, 6) is -0.578. The average molecular weight is 379 g/mol. The molecule has 3 rings (SSSR count). The Kier molecular flexibility index (Phi) is 5.69. The molecule has 0 bridgehead atoms. The molecule has 8 heteroatoms. The number of aromatic nitrogens is 3. The molecule has 1 heterocycles. The minimum absolute atomic E-state index is 0.112. The van der Waals surface area contributed by atoms with Crippen molar-refractivity contribution in [2.45, 2.75) is 20.0 Å². The summed E-state index contributed by atoms with van der Waals surface area (Å²) in [4.78, 5) is 24.2. The number of carbonyl (C=O) groups is 2. The summed E-state index contributed by atoms with van der Waals surface area (Å²) in [6.07, 6.45) is 1.25. The monoisotopic (exact) mass is 379 g/mol. The van der Waals surface area contributed by atoms with Crippen LogP contribution in [-0.2, 0) is 16.6 Å². The molecule has 0 saturated carbocycles.